The molecule has 0 saturated carbocycles. The Morgan fingerprint density at radius 2 is 1.64 bits per heavy atom. The largest absolute Gasteiger partial charge is 0.480 e. The molecule has 1 aromatic carbocycles. The van der Waals surface area contributed by atoms with Crippen molar-refractivity contribution in [3.05, 3.63) is 35.9 Å². The van der Waals surface area contributed by atoms with Gasteiger partial charge in [0.25, 0.3) is 0 Å². The van der Waals surface area contributed by atoms with Crippen LogP contribution >= 0.6 is 0 Å². The fraction of sp³-hybridized carbons (Fsp3) is 0.571. The van der Waals surface area contributed by atoms with E-state index >= 15 is 0 Å². The molecule has 1 fully saturated rings. The first-order valence-corrected chi connectivity index (χ1v) is 13.8. The summed E-state index contributed by atoms with van der Waals surface area (Å²) in [5, 5.41) is 16.9. The summed E-state index contributed by atoms with van der Waals surface area (Å²) in [6, 6.07) is 8.08. The van der Waals surface area contributed by atoms with E-state index in [9.17, 15) is 28.8 Å². The highest BCUT2D eigenvalue weighted by atomic mass is 16.6. The zero-order chi connectivity index (χ0) is 31.1. The minimum Gasteiger partial charge on any atom is -0.480 e. The number of carbonyl (C=O) groups excluding carboxylic acids is 5. The molecule has 0 aromatic heterocycles. The van der Waals surface area contributed by atoms with Crippen molar-refractivity contribution in [2.24, 2.45) is 0 Å². The first-order valence-electron chi connectivity index (χ1n) is 13.8. The molecule has 42 heavy (non-hydrogen) atoms. The molecule has 0 bridgehead atoms. The minimum absolute atomic E-state index is 0.0296. The molecule has 1 heterocycles. The molecular weight excluding hydrogens is 550 g/mol. The molecule has 1 atom stereocenters. The Hall–Kier alpha value is -4.36. The number of piperazine rings is 1. The van der Waals surface area contributed by atoms with Crippen molar-refractivity contribution < 1.29 is 43.3 Å². The number of carboxylic acids is 1. The Morgan fingerprint density at radius 1 is 0.952 bits per heavy atom. The molecule has 0 aliphatic carbocycles. The van der Waals surface area contributed by atoms with Gasteiger partial charge in [-0.3, -0.25) is 19.2 Å². The van der Waals surface area contributed by atoms with E-state index in [4.69, 9.17) is 14.6 Å². The first-order chi connectivity index (χ1) is 19.9. The van der Waals surface area contributed by atoms with E-state index in [-0.39, 0.29) is 51.5 Å². The predicted molar refractivity (Wildman–Crippen MR) is 150 cm³/mol. The van der Waals surface area contributed by atoms with Crippen molar-refractivity contribution in [2.75, 3.05) is 39.3 Å². The van der Waals surface area contributed by atoms with Crippen LogP contribution in [0.25, 0.3) is 0 Å². The van der Waals surface area contributed by atoms with Gasteiger partial charge in [0.15, 0.2) is 0 Å². The van der Waals surface area contributed by atoms with E-state index in [1.54, 1.807) is 45.0 Å². The average Bonchev–Trinajstić information content (AvgIpc) is 2.92. The summed E-state index contributed by atoms with van der Waals surface area (Å²) in [5.41, 5.74) is 0.167. The van der Waals surface area contributed by atoms with Gasteiger partial charge in [0.05, 0.1) is 0 Å². The van der Waals surface area contributed by atoms with Crippen molar-refractivity contribution in [3.8, 4) is 0 Å². The third-order valence-corrected chi connectivity index (χ3v) is 6.05. The second-order valence-electron chi connectivity index (χ2n) is 10.7. The van der Waals surface area contributed by atoms with Crippen LogP contribution in [0.1, 0.15) is 52.0 Å². The number of hydrogen-bond acceptors (Lipinski definition) is 8. The lowest BCUT2D eigenvalue weighted by molar-refractivity contribution is -0.155. The fourth-order valence-electron chi connectivity index (χ4n) is 4.13. The predicted octanol–water partition coefficient (Wildman–Crippen LogP) is 1.24. The minimum atomic E-state index is -1.17. The number of ether oxygens (including phenoxy) is 2. The summed E-state index contributed by atoms with van der Waals surface area (Å²) in [4.78, 5) is 75.6. The van der Waals surface area contributed by atoms with E-state index in [0.29, 0.717) is 12.8 Å². The molecule has 14 nitrogen and oxygen atoms in total. The van der Waals surface area contributed by atoms with Crippen LogP contribution in [-0.4, -0.2) is 102 Å². The second kappa shape index (κ2) is 16.8. The lowest BCUT2D eigenvalue weighted by Gasteiger charge is -2.40. The van der Waals surface area contributed by atoms with Gasteiger partial charge >= 0.3 is 18.2 Å². The quantitative estimate of drug-likeness (QED) is 0.231. The van der Waals surface area contributed by atoms with E-state index in [0.717, 1.165) is 5.56 Å². The van der Waals surface area contributed by atoms with Crippen LogP contribution < -0.4 is 16.0 Å². The summed E-state index contributed by atoms with van der Waals surface area (Å²) in [6.07, 6.45) is -0.255. The lowest BCUT2D eigenvalue weighted by atomic mass is 10.0. The van der Waals surface area contributed by atoms with Crippen molar-refractivity contribution in [1.82, 2.24) is 25.8 Å². The van der Waals surface area contributed by atoms with Crippen LogP contribution in [0.15, 0.2) is 30.3 Å². The van der Waals surface area contributed by atoms with Crippen molar-refractivity contribution >= 4 is 35.9 Å². The van der Waals surface area contributed by atoms with Crippen LogP contribution in [0.3, 0.4) is 0 Å². The Labute approximate surface area is 245 Å². The van der Waals surface area contributed by atoms with Gasteiger partial charge in [-0.15, -0.1) is 0 Å². The Morgan fingerprint density at radius 3 is 2.31 bits per heavy atom. The number of benzene rings is 1. The van der Waals surface area contributed by atoms with Gasteiger partial charge in [-0.1, -0.05) is 30.3 Å². The van der Waals surface area contributed by atoms with Gasteiger partial charge in [-0.2, -0.15) is 0 Å². The molecule has 232 valence electrons. The molecule has 4 N–H and O–H groups in total. The molecule has 0 radical (unpaired) electrons. The summed E-state index contributed by atoms with van der Waals surface area (Å²) in [6.45, 7) is 5.03. The van der Waals surface area contributed by atoms with Crippen LogP contribution in [0, 0.1) is 0 Å². The highest BCUT2D eigenvalue weighted by Crippen LogP contribution is 2.17. The van der Waals surface area contributed by atoms with Gasteiger partial charge in [0, 0.05) is 32.6 Å². The van der Waals surface area contributed by atoms with Gasteiger partial charge in [-0.05, 0) is 45.6 Å². The molecule has 0 spiro atoms. The molecule has 14 heteroatoms. The Bertz CT molecular complexity index is 1090. The summed E-state index contributed by atoms with van der Waals surface area (Å²) in [7, 11) is 0. The van der Waals surface area contributed by atoms with E-state index < -0.39 is 54.7 Å². The summed E-state index contributed by atoms with van der Waals surface area (Å²) >= 11 is 0. The number of nitrogens with one attached hydrogen (secondary N) is 3. The van der Waals surface area contributed by atoms with Crippen LogP contribution in [0.2, 0.25) is 0 Å². The number of hydrogen-bond donors (Lipinski definition) is 4. The number of amides is 5. The maximum atomic E-state index is 13.0. The molecule has 1 aliphatic rings. The van der Waals surface area contributed by atoms with Crippen LogP contribution in [-0.2, 0) is 35.3 Å². The van der Waals surface area contributed by atoms with Crippen molar-refractivity contribution in [3.63, 3.8) is 0 Å². The van der Waals surface area contributed by atoms with Crippen LogP contribution in [0.4, 0.5) is 9.59 Å². The highest BCUT2D eigenvalue weighted by molar-refractivity contribution is 5.92. The van der Waals surface area contributed by atoms with Gasteiger partial charge in [-0.25, -0.2) is 9.59 Å². The molecule has 5 amide bonds. The van der Waals surface area contributed by atoms with E-state index in [2.05, 4.69) is 16.0 Å². The van der Waals surface area contributed by atoms with Gasteiger partial charge in [0.1, 0.15) is 31.3 Å². The number of aliphatic carboxylic acids is 1. The summed E-state index contributed by atoms with van der Waals surface area (Å²) < 4.78 is 10.2. The third-order valence-electron chi connectivity index (χ3n) is 6.05. The number of nitrogens with zero attached hydrogens (tertiary/aromatic N) is 2. The number of alkyl carbamates (subject to hydrolysis) is 2. The van der Waals surface area contributed by atoms with E-state index in [1.807, 2.05) is 6.07 Å². The lowest BCUT2D eigenvalue weighted by Crippen LogP contribution is -2.60. The highest BCUT2D eigenvalue weighted by Gasteiger charge is 2.37. The second-order valence-corrected chi connectivity index (χ2v) is 10.7. The topological polar surface area (TPSA) is 184 Å². The molecule has 0 unspecified atom stereocenters. The Balaban J connectivity index is 1.80. The molecule has 1 aliphatic heterocycles. The summed E-state index contributed by atoms with van der Waals surface area (Å²) in [5.74, 6) is -2.43. The normalized spacial score (nSPS) is 15.0. The molecule has 1 saturated heterocycles. The van der Waals surface area contributed by atoms with Crippen molar-refractivity contribution in [1.29, 1.82) is 0 Å². The van der Waals surface area contributed by atoms with Gasteiger partial charge < -0.3 is 40.3 Å². The van der Waals surface area contributed by atoms with E-state index in [1.165, 1.54) is 9.80 Å². The number of carbonyl (C=O) groups is 6. The average molecular weight is 592 g/mol. The maximum absolute atomic E-state index is 13.0. The van der Waals surface area contributed by atoms with Crippen molar-refractivity contribution in [2.45, 2.75) is 64.7 Å². The standard InChI is InChI=1S/C28H41N5O9/c1-28(2,3)42-27(40)30-14-8-12-22(34)29-13-7-11-21-25(38)32(18-24(36)37)15-16-33(21)23(35)17-31-26(39)41-19-20-9-5-4-6-10-20/h4-6,9-10,21H,7-8,11-19H2,1-3H3,(H,29,34)(H,30,40)(H,31,39)(H,36,37)/t21-/m0/s1. The molecule has 2 rings (SSSR count). The number of carboxylic acid groups (broad SMARTS) is 1. The Kier molecular flexibility index (Phi) is 13.5. The maximum Gasteiger partial charge on any atom is 0.407 e. The smallest absolute Gasteiger partial charge is 0.407 e. The van der Waals surface area contributed by atoms with Crippen LogP contribution in [0.5, 0.6) is 0 Å². The first kappa shape index (κ1) is 33.8. The monoisotopic (exact) mass is 591 g/mol. The SMILES string of the molecule is CC(C)(C)OC(=O)NCCCC(=O)NCCC[C@H]1C(=O)N(CC(=O)O)CCN1C(=O)CNC(=O)OCc1ccccc1. The zero-order valence-corrected chi connectivity index (χ0v) is 24.3. The fourth-order valence-corrected chi connectivity index (χ4v) is 4.13. The number of rotatable bonds is 14. The van der Waals surface area contributed by atoms with Gasteiger partial charge in [0.2, 0.25) is 17.7 Å². The zero-order valence-electron chi connectivity index (χ0n) is 24.3. The molecular formula is C28H41N5O9. The third kappa shape index (κ3) is 12.9. The molecule has 1 aromatic rings.